The average molecular weight is 370 g/mol. The minimum atomic E-state index is -5.08. The van der Waals surface area contributed by atoms with Crippen LogP contribution in [0.2, 0.25) is 0 Å². The number of anilines is 1. The van der Waals surface area contributed by atoms with Gasteiger partial charge in [-0.05, 0) is 31.6 Å². The number of aromatic nitrogens is 1. The Kier molecular flexibility index (Phi) is 7.88. The van der Waals surface area contributed by atoms with Gasteiger partial charge in [-0.25, -0.2) is 9.78 Å². The van der Waals surface area contributed by atoms with Gasteiger partial charge < -0.3 is 10.4 Å². The molecule has 1 aromatic heterocycles. The van der Waals surface area contributed by atoms with Crippen molar-refractivity contribution in [2.75, 3.05) is 5.32 Å². The van der Waals surface area contributed by atoms with Gasteiger partial charge in [-0.3, -0.25) is 4.79 Å². The van der Waals surface area contributed by atoms with Gasteiger partial charge in [0, 0.05) is 6.08 Å². The van der Waals surface area contributed by atoms with Gasteiger partial charge in [0.25, 0.3) is 5.91 Å². The van der Waals surface area contributed by atoms with Crippen molar-refractivity contribution in [1.29, 1.82) is 0 Å². The van der Waals surface area contributed by atoms with E-state index in [1.807, 2.05) is 0 Å². The number of alkyl halides is 6. The number of nitrogens with one attached hydrogen (secondary N) is 1. The molecule has 0 aliphatic carbocycles. The Morgan fingerprint density at radius 3 is 2.00 bits per heavy atom. The highest BCUT2D eigenvalue weighted by Gasteiger charge is 2.38. The van der Waals surface area contributed by atoms with E-state index in [9.17, 15) is 31.1 Å². The Bertz CT molecular complexity index is 667. The molecule has 0 bridgehead atoms. The van der Waals surface area contributed by atoms with E-state index in [4.69, 9.17) is 9.90 Å². The van der Waals surface area contributed by atoms with E-state index in [1.165, 1.54) is 6.08 Å². The fourth-order valence-corrected chi connectivity index (χ4v) is 1.02. The molecule has 0 aliphatic rings. The molecule has 1 aromatic rings. The van der Waals surface area contributed by atoms with Gasteiger partial charge in [-0.15, -0.1) is 5.73 Å². The number of hydrogen-bond donors (Lipinski definition) is 2. The van der Waals surface area contributed by atoms with Crippen LogP contribution in [0.4, 0.5) is 32.0 Å². The van der Waals surface area contributed by atoms with Crippen LogP contribution < -0.4 is 5.32 Å². The molecule has 0 fully saturated rings. The molecule has 2 N–H and O–H groups in total. The molecule has 0 aliphatic heterocycles. The van der Waals surface area contributed by atoms with E-state index < -0.39 is 29.9 Å². The third-order valence-electron chi connectivity index (χ3n) is 2.06. The highest BCUT2D eigenvalue weighted by Crippen LogP contribution is 2.27. The molecule has 0 saturated heterocycles. The number of carbonyl (C=O) groups is 2. The lowest BCUT2D eigenvalue weighted by Gasteiger charge is -2.06. The van der Waals surface area contributed by atoms with Crippen LogP contribution in [0, 0.1) is 0 Å². The first kappa shape index (κ1) is 22.2. The van der Waals surface area contributed by atoms with Crippen molar-refractivity contribution in [3.63, 3.8) is 0 Å². The second-order valence-corrected chi connectivity index (χ2v) is 4.51. The second kappa shape index (κ2) is 8.88. The summed E-state index contributed by atoms with van der Waals surface area (Å²) in [5, 5.41) is 9.50. The van der Waals surface area contributed by atoms with Crippen molar-refractivity contribution in [1.82, 2.24) is 4.98 Å². The Morgan fingerprint density at radius 1 is 1.16 bits per heavy atom. The van der Waals surface area contributed by atoms with Crippen LogP contribution in [0.1, 0.15) is 19.5 Å². The van der Waals surface area contributed by atoms with Crippen LogP contribution in [0.25, 0.3) is 0 Å². The fraction of sp³-hybridized carbons (Fsp3) is 0.286. The summed E-state index contributed by atoms with van der Waals surface area (Å²) in [6, 6.07) is 1.95. The molecule has 1 heterocycles. The molecule has 1 amide bonds. The van der Waals surface area contributed by atoms with Gasteiger partial charge in [-0.2, -0.15) is 26.3 Å². The third-order valence-corrected chi connectivity index (χ3v) is 2.06. The summed E-state index contributed by atoms with van der Waals surface area (Å²) in [4.78, 5) is 23.4. The maximum atomic E-state index is 12.2. The number of nitrogens with zero attached hydrogens (tertiary/aromatic N) is 1. The minimum absolute atomic E-state index is 0.194. The molecule has 0 unspecified atom stereocenters. The van der Waals surface area contributed by atoms with Crippen molar-refractivity contribution in [3.8, 4) is 0 Å². The van der Waals surface area contributed by atoms with Crippen molar-refractivity contribution in [2.24, 2.45) is 0 Å². The topological polar surface area (TPSA) is 79.3 Å². The Balaban J connectivity index is 0.000000697. The molecule has 0 radical (unpaired) electrons. The predicted molar refractivity (Wildman–Crippen MR) is 74.5 cm³/mol. The zero-order valence-corrected chi connectivity index (χ0v) is 12.8. The normalized spacial score (nSPS) is 10.7. The summed E-state index contributed by atoms with van der Waals surface area (Å²) in [5.74, 6) is -3.23. The van der Waals surface area contributed by atoms with E-state index >= 15 is 0 Å². The minimum Gasteiger partial charge on any atom is -0.475 e. The van der Waals surface area contributed by atoms with E-state index in [-0.39, 0.29) is 5.69 Å². The number of rotatable bonds is 2. The molecule has 1 rings (SSSR count). The number of carbonyl (C=O) groups excluding carboxylic acids is 1. The van der Waals surface area contributed by atoms with E-state index in [0.717, 1.165) is 23.9 Å². The molecule has 0 saturated carbocycles. The van der Waals surface area contributed by atoms with Gasteiger partial charge >= 0.3 is 18.3 Å². The zero-order valence-electron chi connectivity index (χ0n) is 12.8. The number of hydrogen-bond acceptors (Lipinski definition) is 3. The smallest absolute Gasteiger partial charge is 0.475 e. The average Bonchev–Trinajstić information content (AvgIpc) is 2.44. The molecule has 0 spiro atoms. The lowest BCUT2D eigenvalue weighted by Crippen LogP contribution is -2.21. The number of pyridine rings is 1. The van der Waals surface area contributed by atoms with E-state index in [2.05, 4.69) is 16.0 Å². The summed E-state index contributed by atoms with van der Waals surface area (Å²) < 4.78 is 68.4. The summed E-state index contributed by atoms with van der Waals surface area (Å²) in [5.41, 5.74) is 2.69. The number of amides is 1. The van der Waals surface area contributed by atoms with Gasteiger partial charge in [0.2, 0.25) is 0 Å². The molecular weight excluding hydrogens is 358 g/mol. The SMILES string of the molecule is CC(C)=C=CC(=O)Nc1ccc(C(F)(F)F)nc1.O=C(O)C(F)(F)F. The van der Waals surface area contributed by atoms with E-state index in [1.54, 1.807) is 13.8 Å². The Labute approximate surface area is 137 Å². The number of aliphatic carboxylic acids is 1. The first-order valence-corrected chi connectivity index (χ1v) is 6.27. The van der Waals surface area contributed by atoms with Crippen LogP contribution in [0.3, 0.4) is 0 Å². The molecule has 0 aromatic carbocycles. The fourth-order valence-electron chi connectivity index (χ4n) is 1.02. The maximum absolute atomic E-state index is 12.2. The number of carboxylic acid groups (broad SMARTS) is 1. The lowest BCUT2D eigenvalue weighted by atomic mass is 10.3. The lowest BCUT2D eigenvalue weighted by molar-refractivity contribution is -0.192. The quantitative estimate of drug-likeness (QED) is 0.472. The number of carboxylic acids is 1. The van der Waals surface area contributed by atoms with Crippen molar-refractivity contribution >= 4 is 17.6 Å². The Morgan fingerprint density at radius 2 is 1.68 bits per heavy atom. The van der Waals surface area contributed by atoms with Crippen LogP contribution in [-0.2, 0) is 15.8 Å². The third kappa shape index (κ3) is 9.82. The van der Waals surface area contributed by atoms with Crippen LogP contribution in [-0.4, -0.2) is 28.1 Å². The van der Waals surface area contributed by atoms with Crippen molar-refractivity contribution in [3.05, 3.63) is 41.4 Å². The maximum Gasteiger partial charge on any atom is 0.490 e. The zero-order chi connectivity index (χ0) is 19.8. The highest BCUT2D eigenvalue weighted by molar-refractivity contribution is 5.99. The first-order valence-electron chi connectivity index (χ1n) is 6.27. The molecular formula is C14H12F6N2O3. The van der Waals surface area contributed by atoms with Gasteiger partial charge in [0.1, 0.15) is 5.69 Å². The molecule has 0 atom stereocenters. The molecule has 25 heavy (non-hydrogen) atoms. The van der Waals surface area contributed by atoms with Gasteiger partial charge in [0.05, 0.1) is 11.9 Å². The summed E-state index contributed by atoms with van der Waals surface area (Å²) in [6.45, 7) is 3.53. The van der Waals surface area contributed by atoms with Crippen LogP contribution >= 0.6 is 0 Å². The predicted octanol–water partition coefficient (Wildman–Crippen LogP) is 3.79. The second-order valence-electron chi connectivity index (χ2n) is 4.51. The van der Waals surface area contributed by atoms with Gasteiger partial charge in [-0.1, -0.05) is 0 Å². The first-order chi connectivity index (χ1) is 11.2. The molecule has 11 heteroatoms. The van der Waals surface area contributed by atoms with E-state index in [0.29, 0.717) is 0 Å². The van der Waals surface area contributed by atoms with Crippen LogP contribution in [0.15, 0.2) is 35.7 Å². The van der Waals surface area contributed by atoms with Crippen molar-refractivity contribution in [2.45, 2.75) is 26.2 Å². The number of halogens is 6. The van der Waals surface area contributed by atoms with Gasteiger partial charge in [0.15, 0.2) is 0 Å². The summed E-state index contributed by atoms with van der Waals surface area (Å²) in [7, 11) is 0. The van der Waals surface area contributed by atoms with Crippen molar-refractivity contribution < 1.29 is 41.0 Å². The largest absolute Gasteiger partial charge is 0.490 e. The monoisotopic (exact) mass is 370 g/mol. The summed E-state index contributed by atoms with van der Waals surface area (Å²) >= 11 is 0. The van der Waals surface area contributed by atoms with Crippen LogP contribution in [0.5, 0.6) is 0 Å². The Hall–Kier alpha value is -2.81. The standard InChI is InChI=1S/C12H11F3N2O.C2HF3O2/c1-8(2)3-6-11(18)17-9-4-5-10(16-7-9)12(13,14)15;3-2(4,5)1(6)7/h4-7H,1-2H3,(H,17,18);(H,6,7). The molecule has 138 valence electrons. The summed E-state index contributed by atoms with van der Waals surface area (Å²) in [6.07, 6.45) is -7.44. The highest BCUT2D eigenvalue weighted by atomic mass is 19.4. The molecule has 5 nitrogen and oxygen atoms in total.